The van der Waals surface area contributed by atoms with Crippen molar-refractivity contribution >= 4 is 23.6 Å². The molecule has 0 spiro atoms. The van der Waals surface area contributed by atoms with Crippen LogP contribution in [-0.2, 0) is 0 Å². The van der Waals surface area contributed by atoms with E-state index in [0.29, 0.717) is 18.2 Å². The molecule has 4 nitrogen and oxygen atoms in total. The summed E-state index contributed by atoms with van der Waals surface area (Å²) in [6.45, 7) is 8.83. The average molecular weight is 599 g/mol. The molecule has 4 heteroatoms. The minimum absolute atomic E-state index is 0.0545. The molecule has 0 aromatic heterocycles. The molecule has 46 heavy (non-hydrogen) atoms. The van der Waals surface area contributed by atoms with Gasteiger partial charge in [-0.1, -0.05) is 166 Å². The Balaban J connectivity index is 0.00000204. The van der Waals surface area contributed by atoms with E-state index in [2.05, 4.69) is 91.5 Å². The fourth-order valence-electron chi connectivity index (χ4n) is 5.45. The molecule has 1 unspecified atom stereocenters. The Morgan fingerprint density at radius 2 is 1.17 bits per heavy atom. The van der Waals surface area contributed by atoms with Crippen LogP contribution in [0.25, 0.3) is 11.1 Å². The number of aliphatic imine (C=N–C) groups is 3. The third-order valence-corrected chi connectivity index (χ3v) is 7.61. The standard InChI is InChI=1S/C40H32N4.C2H6/c1-29(14-13-27-41)38(32-17-7-3-8-18-32)36-22-12-11-21-35(36)30-23-25-34(26-24-30)39-42-28-37(31-15-5-2-6-16-31)43-40(44-39)33-19-9-4-10-20-33;1-2/h2-27,38,41H,1,28H2;1-2H3/b14-13-,41-27?;. The molecular formula is C42H38N4. The predicted octanol–water partition coefficient (Wildman–Crippen LogP) is 9.97. The molecule has 1 aliphatic heterocycles. The van der Waals surface area contributed by atoms with Crippen molar-refractivity contribution in [3.05, 3.63) is 192 Å². The Morgan fingerprint density at radius 3 is 1.83 bits per heavy atom. The summed E-state index contributed by atoms with van der Waals surface area (Å²) >= 11 is 0. The van der Waals surface area contributed by atoms with E-state index in [0.717, 1.165) is 50.2 Å². The van der Waals surface area contributed by atoms with Gasteiger partial charge >= 0.3 is 0 Å². The Bertz CT molecular complexity index is 1880. The summed E-state index contributed by atoms with van der Waals surface area (Å²) in [5, 5.41) is 7.48. The fourth-order valence-corrected chi connectivity index (χ4v) is 5.45. The van der Waals surface area contributed by atoms with Crippen LogP contribution in [0.15, 0.2) is 179 Å². The maximum atomic E-state index is 7.48. The summed E-state index contributed by atoms with van der Waals surface area (Å²) in [5.41, 5.74) is 9.27. The number of benzene rings is 5. The van der Waals surface area contributed by atoms with Crippen LogP contribution in [-0.4, -0.2) is 30.1 Å². The summed E-state index contributed by atoms with van der Waals surface area (Å²) in [5.74, 6) is 1.25. The molecular weight excluding hydrogens is 560 g/mol. The van der Waals surface area contributed by atoms with Gasteiger partial charge in [0.25, 0.3) is 0 Å². The van der Waals surface area contributed by atoms with Crippen molar-refractivity contribution in [2.24, 2.45) is 15.0 Å². The summed E-state index contributed by atoms with van der Waals surface area (Å²) in [4.78, 5) is 14.9. The Hall–Kier alpha value is -5.74. The second-order valence-corrected chi connectivity index (χ2v) is 10.5. The van der Waals surface area contributed by atoms with E-state index in [-0.39, 0.29) is 5.92 Å². The highest BCUT2D eigenvalue weighted by Gasteiger charge is 2.20. The maximum Gasteiger partial charge on any atom is 0.161 e. The van der Waals surface area contributed by atoms with E-state index in [1.165, 1.54) is 6.21 Å². The zero-order valence-corrected chi connectivity index (χ0v) is 26.3. The number of allylic oxidation sites excluding steroid dienone is 3. The summed E-state index contributed by atoms with van der Waals surface area (Å²) < 4.78 is 0. The molecule has 6 rings (SSSR count). The molecule has 0 bridgehead atoms. The van der Waals surface area contributed by atoms with Gasteiger partial charge in [0.05, 0.1) is 12.3 Å². The average Bonchev–Trinajstić information content (AvgIpc) is 3.37. The first-order valence-electron chi connectivity index (χ1n) is 15.6. The van der Waals surface area contributed by atoms with Crippen LogP contribution >= 0.6 is 0 Å². The van der Waals surface area contributed by atoms with Gasteiger partial charge in [-0.3, -0.25) is 4.99 Å². The van der Waals surface area contributed by atoms with Crippen molar-refractivity contribution in [3.63, 3.8) is 0 Å². The van der Waals surface area contributed by atoms with Crippen molar-refractivity contribution in [1.29, 1.82) is 5.41 Å². The monoisotopic (exact) mass is 598 g/mol. The third kappa shape index (κ3) is 7.48. The first kappa shape index (κ1) is 31.7. The van der Waals surface area contributed by atoms with Crippen LogP contribution < -0.4 is 0 Å². The van der Waals surface area contributed by atoms with Crippen molar-refractivity contribution < 1.29 is 0 Å². The molecule has 0 fully saturated rings. The highest BCUT2D eigenvalue weighted by molar-refractivity contribution is 6.20. The van der Waals surface area contributed by atoms with Gasteiger partial charge in [-0.15, -0.1) is 0 Å². The third-order valence-electron chi connectivity index (χ3n) is 7.61. The van der Waals surface area contributed by atoms with Gasteiger partial charge in [0, 0.05) is 23.3 Å². The van der Waals surface area contributed by atoms with E-state index < -0.39 is 0 Å². The quantitative estimate of drug-likeness (QED) is 0.130. The lowest BCUT2D eigenvalue weighted by Gasteiger charge is -2.22. The van der Waals surface area contributed by atoms with Crippen molar-refractivity contribution in [2.75, 3.05) is 6.54 Å². The number of nitrogens with one attached hydrogen (secondary N) is 1. The molecule has 0 saturated heterocycles. The van der Waals surface area contributed by atoms with Crippen molar-refractivity contribution in [1.82, 2.24) is 0 Å². The van der Waals surface area contributed by atoms with Gasteiger partial charge in [0.2, 0.25) is 0 Å². The van der Waals surface area contributed by atoms with Crippen LogP contribution in [0, 0.1) is 5.41 Å². The fraction of sp³-hybridized carbons (Fsp3) is 0.0952. The molecule has 226 valence electrons. The molecule has 5 aromatic rings. The summed E-state index contributed by atoms with van der Waals surface area (Å²) in [6.07, 6.45) is 4.93. The lowest BCUT2D eigenvalue weighted by atomic mass is 9.81. The highest BCUT2D eigenvalue weighted by Crippen LogP contribution is 2.38. The minimum Gasteiger partial charge on any atom is -0.309 e. The zero-order chi connectivity index (χ0) is 32.1. The lowest BCUT2D eigenvalue weighted by molar-refractivity contribution is 0.985. The molecule has 1 aliphatic rings. The Kier molecular flexibility index (Phi) is 10.9. The second-order valence-electron chi connectivity index (χ2n) is 10.5. The summed E-state index contributed by atoms with van der Waals surface area (Å²) in [6, 6.07) is 47.5. The topological polar surface area (TPSA) is 60.9 Å². The van der Waals surface area contributed by atoms with Crippen LogP contribution in [0.5, 0.6) is 0 Å². The largest absolute Gasteiger partial charge is 0.309 e. The second kappa shape index (κ2) is 15.8. The van der Waals surface area contributed by atoms with E-state index in [9.17, 15) is 0 Å². The number of rotatable bonds is 9. The molecule has 0 radical (unpaired) electrons. The van der Waals surface area contributed by atoms with E-state index in [1.54, 1.807) is 6.08 Å². The number of amidine groups is 2. The van der Waals surface area contributed by atoms with Crippen LogP contribution in [0.2, 0.25) is 0 Å². The van der Waals surface area contributed by atoms with E-state index >= 15 is 0 Å². The van der Waals surface area contributed by atoms with Crippen LogP contribution in [0.4, 0.5) is 0 Å². The first-order valence-corrected chi connectivity index (χ1v) is 15.6. The van der Waals surface area contributed by atoms with Crippen molar-refractivity contribution in [3.8, 4) is 11.1 Å². The summed E-state index contributed by atoms with van der Waals surface area (Å²) in [7, 11) is 0. The van der Waals surface area contributed by atoms with Crippen LogP contribution in [0.3, 0.4) is 0 Å². The van der Waals surface area contributed by atoms with Gasteiger partial charge in [0.1, 0.15) is 0 Å². The van der Waals surface area contributed by atoms with E-state index in [1.807, 2.05) is 74.5 Å². The number of nitrogens with zero attached hydrogens (tertiary/aromatic N) is 3. The Morgan fingerprint density at radius 1 is 0.630 bits per heavy atom. The van der Waals surface area contributed by atoms with Gasteiger partial charge in [-0.2, -0.15) is 0 Å². The smallest absolute Gasteiger partial charge is 0.161 e. The first-order chi connectivity index (χ1) is 22.7. The zero-order valence-electron chi connectivity index (χ0n) is 26.3. The normalized spacial score (nSPS) is 13.3. The lowest BCUT2D eigenvalue weighted by Crippen LogP contribution is -2.08. The minimum atomic E-state index is -0.0545. The Labute approximate surface area is 272 Å². The molecule has 1 heterocycles. The molecule has 0 aliphatic carbocycles. The number of hydrogen-bond donors (Lipinski definition) is 1. The van der Waals surface area contributed by atoms with Gasteiger partial charge < -0.3 is 5.41 Å². The maximum absolute atomic E-state index is 7.48. The van der Waals surface area contributed by atoms with Crippen LogP contribution in [0.1, 0.15) is 47.6 Å². The predicted molar refractivity (Wildman–Crippen MR) is 196 cm³/mol. The molecule has 5 aromatic carbocycles. The molecule has 0 saturated carbocycles. The van der Waals surface area contributed by atoms with Gasteiger partial charge in [0.15, 0.2) is 11.7 Å². The molecule has 0 amide bonds. The van der Waals surface area contributed by atoms with Crippen molar-refractivity contribution in [2.45, 2.75) is 19.8 Å². The SMILES string of the molecule is C=C(/C=C\C=N)C(c1ccccc1)c1ccccc1-c1ccc(C2=NCC(c3ccccc3)=NC(c3ccccc3)=N2)cc1.CC. The molecule has 1 N–H and O–H groups in total. The number of hydrogen-bond acceptors (Lipinski definition) is 4. The highest BCUT2D eigenvalue weighted by atomic mass is 15.0. The van der Waals surface area contributed by atoms with E-state index in [4.69, 9.17) is 20.4 Å². The van der Waals surface area contributed by atoms with Gasteiger partial charge in [-0.25, -0.2) is 9.98 Å². The molecule has 1 atom stereocenters. The van der Waals surface area contributed by atoms with Gasteiger partial charge in [-0.05, 0) is 39.5 Å².